The van der Waals surface area contributed by atoms with Crippen LogP contribution in [0, 0.1) is 24.1 Å². The van der Waals surface area contributed by atoms with Crippen molar-refractivity contribution in [2.45, 2.75) is 12.8 Å². The molecular weight excluding hydrogens is 312 g/mol. The molecule has 0 aliphatic heterocycles. The van der Waals surface area contributed by atoms with Crippen LogP contribution in [-0.2, 0) is 0 Å². The molecule has 0 saturated heterocycles. The molecule has 0 fully saturated rings. The summed E-state index contributed by atoms with van der Waals surface area (Å²) in [6.07, 6.45) is 0. The van der Waals surface area contributed by atoms with Gasteiger partial charge < -0.3 is 0 Å². The molecule has 0 amide bonds. The van der Waals surface area contributed by atoms with E-state index in [2.05, 4.69) is 0 Å². The standard InChI is InChI=1S/C16H10Cl2FNO/c1-9-6-11(19)3-5-12(9)16(21)14(8-20)13-4-2-10(17)7-15(13)18/h2-7,14H,1H3. The van der Waals surface area contributed by atoms with Gasteiger partial charge in [-0.25, -0.2) is 4.39 Å². The van der Waals surface area contributed by atoms with Crippen LogP contribution in [0.15, 0.2) is 36.4 Å². The maximum Gasteiger partial charge on any atom is 0.184 e. The number of nitriles is 1. The predicted molar refractivity (Wildman–Crippen MR) is 80.3 cm³/mol. The van der Waals surface area contributed by atoms with Gasteiger partial charge in [0, 0.05) is 15.6 Å². The Morgan fingerprint density at radius 1 is 1.24 bits per heavy atom. The zero-order valence-electron chi connectivity index (χ0n) is 11.0. The lowest BCUT2D eigenvalue weighted by atomic mass is 9.90. The van der Waals surface area contributed by atoms with Crippen LogP contribution < -0.4 is 0 Å². The van der Waals surface area contributed by atoms with E-state index in [1.54, 1.807) is 19.1 Å². The van der Waals surface area contributed by atoms with Gasteiger partial charge in [0.15, 0.2) is 5.78 Å². The number of carbonyl (C=O) groups excluding carboxylic acids is 1. The largest absolute Gasteiger partial charge is 0.292 e. The molecule has 1 atom stereocenters. The van der Waals surface area contributed by atoms with E-state index in [1.165, 1.54) is 24.3 Å². The van der Waals surface area contributed by atoms with Gasteiger partial charge in [0.05, 0.1) is 6.07 Å². The fourth-order valence-electron chi connectivity index (χ4n) is 2.06. The van der Waals surface area contributed by atoms with Gasteiger partial charge in [0.2, 0.25) is 0 Å². The maximum atomic E-state index is 13.1. The van der Waals surface area contributed by atoms with Gasteiger partial charge in [0.25, 0.3) is 0 Å². The molecule has 2 rings (SSSR count). The summed E-state index contributed by atoms with van der Waals surface area (Å²) in [7, 11) is 0. The van der Waals surface area contributed by atoms with Gasteiger partial charge >= 0.3 is 0 Å². The number of rotatable bonds is 3. The zero-order valence-corrected chi connectivity index (χ0v) is 12.5. The highest BCUT2D eigenvalue weighted by Gasteiger charge is 2.25. The van der Waals surface area contributed by atoms with Crippen molar-refractivity contribution >= 4 is 29.0 Å². The first-order chi connectivity index (χ1) is 9.93. The van der Waals surface area contributed by atoms with Crippen LogP contribution in [0.3, 0.4) is 0 Å². The van der Waals surface area contributed by atoms with E-state index >= 15 is 0 Å². The van der Waals surface area contributed by atoms with Crippen molar-refractivity contribution in [1.29, 1.82) is 5.26 Å². The van der Waals surface area contributed by atoms with Crippen LogP contribution in [-0.4, -0.2) is 5.78 Å². The number of nitrogens with zero attached hydrogens (tertiary/aromatic N) is 1. The van der Waals surface area contributed by atoms with Gasteiger partial charge in [-0.1, -0.05) is 29.3 Å². The lowest BCUT2D eigenvalue weighted by Crippen LogP contribution is -2.13. The van der Waals surface area contributed by atoms with Gasteiger partial charge in [-0.2, -0.15) is 5.26 Å². The van der Waals surface area contributed by atoms with Gasteiger partial charge in [-0.15, -0.1) is 0 Å². The molecule has 2 aromatic rings. The third-order valence-electron chi connectivity index (χ3n) is 3.12. The van der Waals surface area contributed by atoms with E-state index in [1.807, 2.05) is 6.07 Å². The summed E-state index contributed by atoms with van der Waals surface area (Å²) in [6.45, 7) is 1.62. The van der Waals surface area contributed by atoms with Gasteiger partial charge in [-0.3, -0.25) is 4.79 Å². The first kappa shape index (κ1) is 15.5. The van der Waals surface area contributed by atoms with Crippen LogP contribution in [0.4, 0.5) is 4.39 Å². The Morgan fingerprint density at radius 3 is 2.52 bits per heavy atom. The van der Waals surface area contributed by atoms with Crippen molar-refractivity contribution in [3.8, 4) is 6.07 Å². The molecule has 0 aliphatic carbocycles. The molecule has 2 aromatic carbocycles. The lowest BCUT2D eigenvalue weighted by Gasteiger charge is -2.12. The number of benzene rings is 2. The van der Waals surface area contributed by atoms with Gasteiger partial charge in [0.1, 0.15) is 11.7 Å². The highest BCUT2D eigenvalue weighted by Crippen LogP contribution is 2.30. The molecule has 0 N–H and O–H groups in total. The summed E-state index contributed by atoms with van der Waals surface area (Å²) < 4.78 is 13.1. The number of halogens is 3. The monoisotopic (exact) mass is 321 g/mol. The summed E-state index contributed by atoms with van der Waals surface area (Å²) in [6, 6.07) is 10.4. The normalized spacial score (nSPS) is 11.8. The smallest absolute Gasteiger partial charge is 0.184 e. The number of aryl methyl sites for hydroxylation is 1. The maximum absolute atomic E-state index is 13.1. The highest BCUT2D eigenvalue weighted by atomic mass is 35.5. The molecule has 0 saturated carbocycles. The second-order valence-corrected chi connectivity index (χ2v) is 5.40. The second-order valence-electron chi connectivity index (χ2n) is 4.55. The molecule has 0 bridgehead atoms. The minimum atomic E-state index is -1.06. The van der Waals surface area contributed by atoms with E-state index in [0.29, 0.717) is 21.7 Å². The number of hydrogen-bond acceptors (Lipinski definition) is 2. The van der Waals surface area contributed by atoms with E-state index < -0.39 is 17.5 Å². The minimum absolute atomic E-state index is 0.252. The average Bonchev–Trinajstić information content (AvgIpc) is 2.41. The van der Waals surface area contributed by atoms with Crippen molar-refractivity contribution in [3.05, 3.63) is 69.0 Å². The third-order valence-corrected chi connectivity index (χ3v) is 3.68. The topological polar surface area (TPSA) is 40.9 Å². The first-order valence-corrected chi connectivity index (χ1v) is 6.84. The molecule has 1 unspecified atom stereocenters. The second kappa shape index (κ2) is 6.26. The van der Waals surface area contributed by atoms with Crippen LogP contribution in [0.25, 0.3) is 0 Å². The Bertz CT molecular complexity index is 752. The molecular formula is C16H10Cl2FNO. The molecule has 0 aromatic heterocycles. The summed E-state index contributed by atoms with van der Waals surface area (Å²) in [5.41, 5.74) is 1.16. The molecule has 5 heteroatoms. The fraction of sp³-hybridized carbons (Fsp3) is 0.125. The molecule has 0 spiro atoms. The Morgan fingerprint density at radius 2 is 1.95 bits per heavy atom. The molecule has 0 heterocycles. The van der Waals surface area contributed by atoms with E-state index in [-0.39, 0.29) is 5.02 Å². The zero-order chi connectivity index (χ0) is 15.6. The molecule has 21 heavy (non-hydrogen) atoms. The van der Waals surface area contributed by atoms with Crippen molar-refractivity contribution < 1.29 is 9.18 Å². The van der Waals surface area contributed by atoms with Crippen molar-refractivity contribution in [2.75, 3.05) is 0 Å². The van der Waals surface area contributed by atoms with Crippen LogP contribution in [0.1, 0.15) is 27.4 Å². The Hall–Kier alpha value is -1.89. The van der Waals surface area contributed by atoms with Crippen molar-refractivity contribution in [1.82, 2.24) is 0 Å². The molecule has 2 nitrogen and oxygen atoms in total. The Labute approximate surface area is 131 Å². The SMILES string of the molecule is Cc1cc(F)ccc1C(=O)C(C#N)c1ccc(Cl)cc1Cl. The van der Waals surface area contributed by atoms with Crippen molar-refractivity contribution in [3.63, 3.8) is 0 Å². The van der Waals surface area contributed by atoms with Crippen LogP contribution >= 0.6 is 23.2 Å². The summed E-state index contributed by atoms with van der Waals surface area (Å²) in [5, 5.41) is 9.99. The summed E-state index contributed by atoms with van der Waals surface area (Å²) in [5.74, 6) is -1.90. The average molecular weight is 322 g/mol. The van der Waals surface area contributed by atoms with Crippen LogP contribution in [0.2, 0.25) is 10.0 Å². The number of carbonyl (C=O) groups is 1. The predicted octanol–water partition coefficient (Wildman–Crippen LogP) is 4.93. The van der Waals surface area contributed by atoms with Crippen LogP contribution in [0.5, 0.6) is 0 Å². The molecule has 0 aliphatic rings. The Kier molecular flexibility index (Phi) is 4.62. The Balaban J connectivity index is 2.46. The quantitative estimate of drug-likeness (QED) is 0.752. The number of Topliss-reactive ketones (excluding diaryl/α,β-unsaturated/α-hetero) is 1. The van der Waals surface area contributed by atoms with E-state index in [0.717, 1.165) is 0 Å². The summed E-state index contributed by atoms with van der Waals surface area (Å²) in [4.78, 5) is 12.5. The summed E-state index contributed by atoms with van der Waals surface area (Å²) >= 11 is 11.9. The number of hydrogen-bond donors (Lipinski definition) is 0. The van der Waals surface area contributed by atoms with Gasteiger partial charge in [-0.05, 0) is 48.4 Å². The van der Waals surface area contributed by atoms with E-state index in [9.17, 15) is 14.4 Å². The molecule has 0 radical (unpaired) electrons. The van der Waals surface area contributed by atoms with E-state index in [4.69, 9.17) is 23.2 Å². The fourth-order valence-corrected chi connectivity index (χ4v) is 2.58. The first-order valence-electron chi connectivity index (χ1n) is 6.09. The number of ketones is 1. The third kappa shape index (κ3) is 3.24. The molecule has 106 valence electrons. The minimum Gasteiger partial charge on any atom is -0.292 e. The highest BCUT2D eigenvalue weighted by molar-refractivity contribution is 6.35. The van der Waals surface area contributed by atoms with Crippen molar-refractivity contribution in [2.24, 2.45) is 0 Å². The lowest BCUT2D eigenvalue weighted by molar-refractivity contribution is 0.0978.